The predicted octanol–water partition coefficient (Wildman–Crippen LogP) is 1.25. The maximum atomic E-state index is 12.1. The minimum Gasteiger partial charge on any atom is -0.383 e. The fourth-order valence-electron chi connectivity index (χ4n) is 1.86. The zero-order valence-electron chi connectivity index (χ0n) is 11.8. The summed E-state index contributed by atoms with van der Waals surface area (Å²) in [6.45, 7) is 4.06. The smallest absolute Gasteiger partial charge is 0.261 e. The Kier molecular flexibility index (Phi) is 6.12. The summed E-state index contributed by atoms with van der Waals surface area (Å²) in [6, 6.07) is 1.23. The summed E-state index contributed by atoms with van der Waals surface area (Å²) in [4.78, 5) is 13.0. The normalized spacial score (nSPS) is 13.2. The van der Waals surface area contributed by atoms with Crippen molar-refractivity contribution in [2.24, 2.45) is 5.14 Å². The molecule has 1 atom stereocenters. The first-order valence-electron chi connectivity index (χ1n) is 6.22. The molecule has 1 heterocycles. The third-order valence-corrected chi connectivity index (χ3v) is 4.96. The lowest BCUT2D eigenvalue weighted by Gasteiger charge is -2.16. The van der Waals surface area contributed by atoms with Crippen molar-refractivity contribution in [1.82, 2.24) is 5.32 Å². The van der Waals surface area contributed by atoms with Gasteiger partial charge >= 0.3 is 0 Å². The molecule has 0 bridgehead atoms. The molecule has 0 aliphatic rings. The van der Waals surface area contributed by atoms with Crippen LogP contribution in [0.4, 0.5) is 0 Å². The minimum atomic E-state index is -3.79. The van der Waals surface area contributed by atoms with Crippen molar-refractivity contribution in [3.8, 4) is 0 Å². The molecule has 8 heteroatoms. The molecule has 1 aromatic rings. The van der Waals surface area contributed by atoms with Crippen LogP contribution in [0, 0.1) is 6.92 Å². The summed E-state index contributed by atoms with van der Waals surface area (Å²) in [7, 11) is -2.22. The number of primary sulfonamides is 1. The van der Waals surface area contributed by atoms with Gasteiger partial charge in [0, 0.05) is 12.0 Å². The highest BCUT2D eigenvalue weighted by Gasteiger charge is 2.20. The van der Waals surface area contributed by atoms with E-state index in [1.165, 1.54) is 6.07 Å². The minimum absolute atomic E-state index is 0.00596. The number of hydrogen-bond donors (Lipinski definition) is 2. The molecular weight excluding hydrogens is 300 g/mol. The van der Waals surface area contributed by atoms with Crippen LogP contribution in [-0.4, -0.2) is 34.1 Å². The first-order chi connectivity index (χ1) is 9.29. The Morgan fingerprint density at radius 1 is 1.55 bits per heavy atom. The van der Waals surface area contributed by atoms with Gasteiger partial charge < -0.3 is 10.1 Å². The molecule has 20 heavy (non-hydrogen) atoms. The van der Waals surface area contributed by atoms with Crippen molar-refractivity contribution in [2.75, 3.05) is 13.7 Å². The van der Waals surface area contributed by atoms with Crippen molar-refractivity contribution < 1.29 is 17.9 Å². The lowest BCUT2D eigenvalue weighted by Crippen LogP contribution is -2.37. The summed E-state index contributed by atoms with van der Waals surface area (Å²) in [5.74, 6) is -0.302. The van der Waals surface area contributed by atoms with Gasteiger partial charge in [0.25, 0.3) is 5.91 Å². The Morgan fingerprint density at radius 2 is 2.20 bits per heavy atom. The first kappa shape index (κ1) is 17.1. The summed E-state index contributed by atoms with van der Waals surface area (Å²) in [5.41, 5.74) is 0. The Hall–Kier alpha value is -0.960. The highest BCUT2D eigenvalue weighted by atomic mass is 32.2. The van der Waals surface area contributed by atoms with Gasteiger partial charge in [-0.05, 0) is 19.4 Å². The Bertz CT molecular complexity index is 560. The van der Waals surface area contributed by atoms with E-state index in [0.717, 1.165) is 24.2 Å². The number of amides is 1. The maximum absolute atomic E-state index is 12.1. The van der Waals surface area contributed by atoms with Gasteiger partial charge in [-0.15, -0.1) is 11.3 Å². The van der Waals surface area contributed by atoms with Crippen LogP contribution in [0.3, 0.4) is 0 Å². The SMILES string of the molecule is CCCC(COC)NC(=O)c1cc(S(N)(=O)=O)c(C)s1. The number of hydrogen-bond acceptors (Lipinski definition) is 5. The number of thiophene rings is 1. The number of carbonyl (C=O) groups is 1. The Balaban J connectivity index is 2.87. The predicted molar refractivity (Wildman–Crippen MR) is 78.5 cm³/mol. The van der Waals surface area contributed by atoms with Crippen molar-refractivity contribution in [1.29, 1.82) is 0 Å². The fourth-order valence-corrected chi connectivity index (χ4v) is 3.91. The highest BCUT2D eigenvalue weighted by molar-refractivity contribution is 7.89. The number of carbonyl (C=O) groups excluding carboxylic acids is 1. The second kappa shape index (κ2) is 7.16. The van der Waals surface area contributed by atoms with Gasteiger partial charge in [0.15, 0.2) is 0 Å². The molecule has 0 aliphatic heterocycles. The monoisotopic (exact) mass is 320 g/mol. The second-order valence-corrected chi connectivity index (χ2v) is 7.28. The zero-order chi connectivity index (χ0) is 15.3. The number of sulfonamides is 1. The number of nitrogens with two attached hydrogens (primary N) is 1. The van der Waals surface area contributed by atoms with E-state index in [2.05, 4.69) is 5.32 Å². The molecule has 0 spiro atoms. The van der Waals surface area contributed by atoms with E-state index < -0.39 is 10.0 Å². The molecule has 0 aromatic carbocycles. The summed E-state index contributed by atoms with van der Waals surface area (Å²) in [5, 5.41) is 7.93. The number of nitrogens with one attached hydrogen (secondary N) is 1. The standard InChI is InChI=1S/C12H20N2O4S2/c1-4-5-9(7-18-3)14-12(15)10-6-11(8(2)19-10)20(13,16)17/h6,9H,4-5,7H2,1-3H3,(H,14,15)(H2,13,16,17). The second-order valence-electron chi connectivity index (χ2n) is 4.49. The molecule has 0 aliphatic carbocycles. The van der Waals surface area contributed by atoms with Gasteiger partial charge in [0.05, 0.1) is 22.4 Å². The van der Waals surface area contributed by atoms with Crippen LogP contribution >= 0.6 is 11.3 Å². The largest absolute Gasteiger partial charge is 0.383 e. The van der Waals surface area contributed by atoms with Crippen LogP contribution in [0.15, 0.2) is 11.0 Å². The van der Waals surface area contributed by atoms with Gasteiger partial charge in [-0.25, -0.2) is 13.6 Å². The van der Waals surface area contributed by atoms with Crippen LogP contribution in [0.1, 0.15) is 34.3 Å². The molecule has 1 rings (SSSR count). The molecular formula is C12H20N2O4S2. The van der Waals surface area contributed by atoms with E-state index in [1.54, 1.807) is 14.0 Å². The lowest BCUT2D eigenvalue weighted by atomic mass is 10.2. The van der Waals surface area contributed by atoms with Crippen molar-refractivity contribution in [3.05, 3.63) is 15.8 Å². The molecule has 6 nitrogen and oxygen atoms in total. The first-order valence-corrected chi connectivity index (χ1v) is 8.58. The van der Waals surface area contributed by atoms with E-state index in [-0.39, 0.29) is 16.8 Å². The topological polar surface area (TPSA) is 98.5 Å². The van der Waals surface area contributed by atoms with Crippen molar-refractivity contribution in [3.63, 3.8) is 0 Å². The van der Waals surface area contributed by atoms with Gasteiger partial charge in [0.2, 0.25) is 10.0 Å². The molecule has 114 valence electrons. The number of rotatable bonds is 7. The average Bonchev–Trinajstić information content (AvgIpc) is 2.72. The van der Waals surface area contributed by atoms with Gasteiger partial charge in [-0.3, -0.25) is 4.79 Å². The molecule has 3 N–H and O–H groups in total. The Morgan fingerprint density at radius 3 is 2.65 bits per heavy atom. The van der Waals surface area contributed by atoms with Crippen LogP contribution in [0.2, 0.25) is 0 Å². The third-order valence-electron chi connectivity index (χ3n) is 2.74. The molecule has 0 saturated carbocycles. The van der Waals surface area contributed by atoms with E-state index >= 15 is 0 Å². The van der Waals surface area contributed by atoms with Crippen LogP contribution in [-0.2, 0) is 14.8 Å². The summed E-state index contributed by atoms with van der Waals surface area (Å²) in [6.07, 6.45) is 1.71. The molecule has 0 saturated heterocycles. The number of methoxy groups -OCH3 is 1. The van der Waals surface area contributed by atoms with Crippen LogP contribution < -0.4 is 10.5 Å². The summed E-state index contributed by atoms with van der Waals surface area (Å²) < 4.78 is 27.7. The zero-order valence-corrected chi connectivity index (χ0v) is 13.4. The van der Waals surface area contributed by atoms with Crippen LogP contribution in [0.25, 0.3) is 0 Å². The van der Waals surface area contributed by atoms with Crippen molar-refractivity contribution in [2.45, 2.75) is 37.6 Å². The molecule has 1 aromatic heterocycles. The lowest BCUT2D eigenvalue weighted by molar-refractivity contribution is 0.0895. The average molecular weight is 320 g/mol. The maximum Gasteiger partial charge on any atom is 0.261 e. The molecule has 1 unspecified atom stereocenters. The summed E-state index contributed by atoms with van der Waals surface area (Å²) >= 11 is 1.12. The fraction of sp³-hybridized carbons (Fsp3) is 0.583. The van der Waals surface area contributed by atoms with E-state index in [9.17, 15) is 13.2 Å². The molecule has 0 radical (unpaired) electrons. The van der Waals surface area contributed by atoms with Crippen LogP contribution in [0.5, 0.6) is 0 Å². The third kappa shape index (κ3) is 4.55. The highest BCUT2D eigenvalue weighted by Crippen LogP contribution is 2.24. The molecule has 0 fully saturated rings. The van der Waals surface area contributed by atoms with E-state index in [1.807, 2.05) is 6.92 Å². The van der Waals surface area contributed by atoms with Crippen molar-refractivity contribution >= 4 is 27.3 Å². The van der Waals surface area contributed by atoms with E-state index in [0.29, 0.717) is 16.4 Å². The van der Waals surface area contributed by atoms with Gasteiger partial charge in [0.1, 0.15) is 0 Å². The van der Waals surface area contributed by atoms with Gasteiger partial charge in [-0.2, -0.15) is 0 Å². The van der Waals surface area contributed by atoms with Gasteiger partial charge in [-0.1, -0.05) is 13.3 Å². The number of ether oxygens (including phenoxy) is 1. The Labute approximate surface area is 123 Å². The number of aryl methyl sites for hydroxylation is 1. The van der Waals surface area contributed by atoms with E-state index in [4.69, 9.17) is 9.88 Å². The quantitative estimate of drug-likeness (QED) is 0.790. The molecule has 1 amide bonds.